The number of anilines is 1. The summed E-state index contributed by atoms with van der Waals surface area (Å²) in [4.78, 5) is 29.0. The summed E-state index contributed by atoms with van der Waals surface area (Å²) in [7, 11) is 0. The minimum Gasteiger partial charge on any atom is -0.462 e. The van der Waals surface area contributed by atoms with Crippen molar-refractivity contribution < 1.29 is 14.3 Å². The van der Waals surface area contributed by atoms with E-state index < -0.39 is 11.9 Å². The number of nitrogens with one attached hydrogen (secondary N) is 1. The van der Waals surface area contributed by atoms with Crippen molar-refractivity contribution in [2.45, 2.75) is 46.1 Å². The molecule has 32 heavy (non-hydrogen) atoms. The van der Waals surface area contributed by atoms with Gasteiger partial charge in [-0.1, -0.05) is 18.0 Å². The first-order chi connectivity index (χ1) is 15.5. The molecule has 0 atom stereocenters. The Labute approximate surface area is 191 Å². The monoisotopic (exact) mass is 453 g/mol. The summed E-state index contributed by atoms with van der Waals surface area (Å²) in [5.74, 6) is 0.816. The number of benzene rings is 1. The summed E-state index contributed by atoms with van der Waals surface area (Å²) in [5, 5.41) is 12.1. The molecule has 0 saturated carbocycles. The molecule has 1 aromatic carbocycles. The molecule has 0 bridgehead atoms. The molecular weight excluding hydrogens is 430 g/mol. The van der Waals surface area contributed by atoms with Crippen molar-refractivity contribution in [3.05, 3.63) is 58.1 Å². The number of carbonyl (C=O) groups excluding carboxylic acids is 2. The second kappa shape index (κ2) is 9.48. The van der Waals surface area contributed by atoms with E-state index in [0.717, 1.165) is 38.1 Å². The number of fused-ring (bicyclic) bond motifs is 1. The fourth-order valence-corrected chi connectivity index (χ4v) is 3.97. The lowest BCUT2D eigenvalue weighted by Crippen LogP contribution is -2.16. The molecule has 1 aliphatic heterocycles. The molecule has 9 heteroatoms. The highest BCUT2D eigenvalue weighted by Gasteiger charge is 2.19. The van der Waals surface area contributed by atoms with Gasteiger partial charge in [-0.3, -0.25) is 4.79 Å². The smallest absolute Gasteiger partial charge is 0.339 e. The topological polar surface area (TPSA) is 99.0 Å². The van der Waals surface area contributed by atoms with E-state index in [-0.39, 0.29) is 12.3 Å². The zero-order valence-corrected chi connectivity index (χ0v) is 18.8. The highest BCUT2D eigenvalue weighted by atomic mass is 35.5. The van der Waals surface area contributed by atoms with Gasteiger partial charge in [-0.05, 0) is 57.0 Å². The van der Waals surface area contributed by atoms with Gasteiger partial charge in [0.05, 0.1) is 22.9 Å². The van der Waals surface area contributed by atoms with Gasteiger partial charge in [0.25, 0.3) is 5.91 Å². The molecule has 1 amide bonds. The molecule has 1 aliphatic rings. The molecule has 0 saturated heterocycles. The first kappa shape index (κ1) is 22.0. The zero-order valence-electron chi connectivity index (χ0n) is 18.0. The summed E-state index contributed by atoms with van der Waals surface area (Å²) >= 11 is 6.47. The number of rotatable bonds is 5. The normalized spacial score (nSPS) is 13.2. The molecule has 0 radical (unpaired) electrons. The van der Waals surface area contributed by atoms with Crippen LogP contribution in [0.2, 0.25) is 5.02 Å². The van der Waals surface area contributed by atoms with Crippen molar-refractivity contribution in [1.29, 1.82) is 0 Å². The van der Waals surface area contributed by atoms with E-state index in [4.69, 9.17) is 16.3 Å². The molecule has 1 N–H and O–H groups in total. The summed E-state index contributed by atoms with van der Waals surface area (Å²) in [6.07, 6.45) is 4.23. The molecule has 0 fully saturated rings. The number of pyridine rings is 1. The number of aryl methyl sites for hydroxylation is 2. The van der Waals surface area contributed by atoms with E-state index in [0.29, 0.717) is 33.4 Å². The quantitative estimate of drug-likeness (QED) is 0.572. The van der Waals surface area contributed by atoms with Crippen molar-refractivity contribution >= 4 is 29.2 Å². The lowest BCUT2D eigenvalue weighted by molar-refractivity contribution is 0.0524. The van der Waals surface area contributed by atoms with Gasteiger partial charge in [0.1, 0.15) is 11.5 Å². The predicted molar refractivity (Wildman–Crippen MR) is 121 cm³/mol. The molecule has 0 aliphatic carbocycles. The van der Waals surface area contributed by atoms with Crippen molar-refractivity contribution in [2.75, 3.05) is 11.9 Å². The number of hydrogen-bond donors (Lipinski definition) is 1. The van der Waals surface area contributed by atoms with Crippen LogP contribution in [0.5, 0.6) is 0 Å². The summed E-state index contributed by atoms with van der Waals surface area (Å²) in [6.45, 7) is 4.52. The number of halogens is 1. The molecular formula is C23H24ClN5O3. The predicted octanol–water partition coefficient (Wildman–Crippen LogP) is 4.46. The Kier molecular flexibility index (Phi) is 6.50. The van der Waals surface area contributed by atoms with E-state index in [1.165, 1.54) is 6.07 Å². The van der Waals surface area contributed by atoms with E-state index in [9.17, 15) is 9.59 Å². The summed E-state index contributed by atoms with van der Waals surface area (Å²) in [6, 6.07) is 8.30. The second-order valence-electron chi connectivity index (χ2n) is 7.60. The van der Waals surface area contributed by atoms with Crippen LogP contribution in [0.1, 0.15) is 58.6 Å². The first-order valence-corrected chi connectivity index (χ1v) is 11.0. The number of amides is 1. The van der Waals surface area contributed by atoms with Gasteiger partial charge in [0.2, 0.25) is 0 Å². The van der Waals surface area contributed by atoms with Crippen LogP contribution in [0.3, 0.4) is 0 Å². The van der Waals surface area contributed by atoms with Gasteiger partial charge in [0.15, 0.2) is 5.82 Å². The third kappa shape index (κ3) is 4.50. The molecule has 4 rings (SSSR count). The first-order valence-electron chi connectivity index (χ1n) is 10.7. The van der Waals surface area contributed by atoms with Crippen LogP contribution >= 0.6 is 11.6 Å². The maximum Gasteiger partial charge on any atom is 0.339 e. The van der Waals surface area contributed by atoms with Crippen LogP contribution in [0.4, 0.5) is 5.69 Å². The van der Waals surface area contributed by atoms with Crippen LogP contribution in [0.15, 0.2) is 30.3 Å². The number of esters is 1. The number of hydrogen-bond acceptors (Lipinski definition) is 6. The molecule has 166 valence electrons. The minimum atomic E-state index is -0.459. The fourth-order valence-electron chi connectivity index (χ4n) is 3.77. The van der Waals surface area contributed by atoms with Gasteiger partial charge < -0.3 is 14.6 Å². The Hall–Kier alpha value is -3.26. The Morgan fingerprint density at radius 3 is 2.78 bits per heavy atom. The Morgan fingerprint density at radius 2 is 2.00 bits per heavy atom. The van der Waals surface area contributed by atoms with Crippen LogP contribution in [-0.2, 0) is 17.7 Å². The fraction of sp³-hybridized carbons (Fsp3) is 0.348. The van der Waals surface area contributed by atoms with Crippen molar-refractivity contribution in [1.82, 2.24) is 19.7 Å². The molecule has 3 aromatic rings. The second-order valence-corrected chi connectivity index (χ2v) is 8.01. The van der Waals surface area contributed by atoms with Crippen LogP contribution in [-0.4, -0.2) is 38.2 Å². The van der Waals surface area contributed by atoms with E-state index in [1.807, 2.05) is 0 Å². The highest BCUT2D eigenvalue weighted by molar-refractivity contribution is 6.33. The van der Waals surface area contributed by atoms with Crippen LogP contribution < -0.4 is 5.32 Å². The van der Waals surface area contributed by atoms with Gasteiger partial charge >= 0.3 is 5.97 Å². The lowest BCUT2D eigenvalue weighted by atomic mass is 10.1. The maximum atomic E-state index is 12.8. The molecule has 3 heterocycles. The third-order valence-corrected chi connectivity index (χ3v) is 5.72. The van der Waals surface area contributed by atoms with Crippen LogP contribution in [0.25, 0.3) is 11.4 Å². The number of nitrogens with zero attached hydrogens (tertiary/aromatic N) is 4. The van der Waals surface area contributed by atoms with Gasteiger partial charge in [-0.15, -0.1) is 10.2 Å². The number of aromatic nitrogens is 4. The van der Waals surface area contributed by atoms with Gasteiger partial charge in [0, 0.05) is 24.2 Å². The summed E-state index contributed by atoms with van der Waals surface area (Å²) in [5.41, 5.74) is 2.24. The standard InChI is InChI=1S/C23H24ClN5O3/c1-3-32-23(31)16-9-11-19(25-14(16)2)22(30)26-15-8-10-18(24)17(13-15)21-28-27-20-7-5-4-6-12-29(20)21/h8-11,13H,3-7,12H2,1-2H3,(H,26,30). The van der Waals surface area contributed by atoms with Crippen molar-refractivity contribution in [2.24, 2.45) is 0 Å². The Morgan fingerprint density at radius 1 is 1.16 bits per heavy atom. The molecule has 2 aromatic heterocycles. The minimum absolute atomic E-state index is 0.198. The third-order valence-electron chi connectivity index (χ3n) is 5.39. The highest BCUT2D eigenvalue weighted by Crippen LogP contribution is 2.31. The maximum absolute atomic E-state index is 12.8. The SMILES string of the molecule is CCOC(=O)c1ccc(C(=O)Nc2ccc(Cl)c(-c3nnc4n3CCCCC4)c2)nc1C. The van der Waals surface area contributed by atoms with E-state index in [2.05, 4.69) is 25.1 Å². The largest absolute Gasteiger partial charge is 0.462 e. The average Bonchev–Trinajstić information content (AvgIpc) is 3.02. The Balaban J connectivity index is 1.57. The van der Waals surface area contributed by atoms with E-state index in [1.54, 1.807) is 38.1 Å². The van der Waals surface area contributed by atoms with Crippen LogP contribution in [0, 0.1) is 6.92 Å². The van der Waals surface area contributed by atoms with Gasteiger partial charge in [-0.2, -0.15) is 0 Å². The van der Waals surface area contributed by atoms with Crippen molar-refractivity contribution in [3.8, 4) is 11.4 Å². The average molecular weight is 454 g/mol. The summed E-state index contributed by atoms with van der Waals surface area (Å²) < 4.78 is 7.12. The molecule has 0 unspecified atom stereocenters. The Bertz CT molecular complexity index is 1170. The molecule has 8 nitrogen and oxygen atoms in total. The zero-order chi connectivity index (χ0) is 22.7. The van der Waals surface area contributed by atoms with E-state index >= 15 is 0 Å². The van der Waals surface area contributed by atoms with Gasteiger partial charge in [-0.25, -0.2) is 9.78 Å². The number of ether oxygens (including phenoxy) is 1. The lowest BCUT2D eigenvalue weighted by Gasteiger charge is -2.11. The van der Waals surface area contributed by atoms with Crippen molar-refractivity contribution in [3.63, 3.8) is 0 Å². The molecule has 0 spiro atoms. The number of carbonyl (C=O) groups is 2.